The Hall–Kier alpha value is -1.40. The van der Waals surface area contributed by atoms with Crippen molar-refractivity contribution in [2.75, 3.05) is 49.7 Å². The van der Waals surface area contributed by atoms with Crippen LogP contribution in [-0.2, 0) is 4.74 Å². The minimum absolute atomic E-state index is 0.0825. The first-order valence-corrected chi connectivity index (χ1v) is 7.93. The van der Waals surface area contributed by atoms with Gasteiger partial charge in [0.1, 0.15) is 5.82 Å². The Kier molecular flexibility index (Phi) is 4.87. The fourth-order valence-electron chi connectivity index (χ4n) is 2.96. The summed E-state index contributed by atoms with van der Waals surface area (Å²) in [5, 5.41) is 12.1. The second-order valence-corrected chi connectivity index (χ2v) is 5.73. The number of hydrogen-bond acceptors (Lipinski definition) is 6. The predicted molar refractivity (Wildman–Crippen MR) is 81.8 cm³/mol. The van der Waals surface area contributed by atoms with E-state index in [1.54, 1.807) is 0 Å². The molecule has 116 valence electrons. The average molecular weight is 292 g/mol. The van der Waals surface area contributed by atoms with Crippen LogP contribution in [0.2, 0.25) is 0 Å². The third-order valence-corrected chi connectivity index (χ3v) is 4.16. The van der Waals surface area contributed by atoms with Crippen molar-refractivity contribution in [2.24, 2.45) is 0 Å². The zero-order valence-corrected chi connectivity index (χ0v) is 12.4. The fraction of sp³-hybridized carbons (Fsp3) is 0.733. The lowest BCUT2D eigenvalue weighted by atomic mass is 10.0. The molecule has 0 saturated carbocycles. The van der Waals surface area contributed by atoms with Gasteiger partial charge in [-0.25, -0.2) is 4.98 Å². The largest absolute Gasteiger partial charge is 0.395 e. The lowest BCUT2D eigenvalue weighted by molar-refractivity contribution is 0.193. The van der Waals surface area contributed by atoms with Gasteiger partial charge in [0.2, 0.25) is 5.95 Å². The lowest BCUT2D eigenvalue weighted by Crippen LogP contribution is -2.30. The number of hydrogen-bond donors (Lipinski definition) is 2. The summed E-state index contributed by atoms with van der Waals surface area (Å²) in [6, 6.07) is 2.12. The van der Waals surface area contributed by atoms with Crippen LogP contribution in [0.15, 0.2) is 6.07 Å². The summed E-state index contributed by atoms with van der Waals surface area (Å²) < 4.78 is 5.48. The number of aromatic nitrogens is 2. The van der Waals surface area contributed by atoms with E-state index in [-0.39, 0.29) is 6.61 Å². The number of nitrogens with one attached hydrogen (secondary N) is 1. The highest BCUT2D eigenvalue weighted by Gasteiger charge is 2.22. The number of nitrogens with zero attached hydrogens (tertiary/aromatic N) is 3. The normalized spacial score (nSPS) is 22.5. The molecule has 6 nitrogen and oxygen atoms in total. The van der Waals surface area contributed by atoms with Gasteiger partial charge in [-0.15, -0.1) is 0 Å². The van der Waals surface area contributed by atoms with E-state index < -0.39 is 0 Å². The Balaban J connectivity index is 1.84. The third-order valence-electron chi connectivity index (χ3n) is 4.16. The number of aliphatic hydroxyl groups is 1. The zero-order chi connectivity index (χ0) is 14.5. The molecule has 6 heteroatoms. The smallest absolute Gasteiger partial charge is 0.224 e. The van der Waals surface area contributed by atoms with Crippen LogP contribution in [0, 0.1) is 0 Å². The van der Waals surface area contributed by atoms with Crippen molar-refractivity contribution in [3.05, 3.63) is 11.8 Å². The molecule has 0 amide bonds. The monoisotopic (exact) mass is 292 g/mol. The molecule has 1 aromatic rings. The van der Waals surface area contributed by atoms with E-state index >= 15 is 0 Å². The Morgan fingerprint density at radius 3 is 2.86 bits per heavy atom. The van der Waals surface area contributed by atoms with Crippen LogP contribution in [0.4, 0.5) is 11.8 Å². The molecule has 2 aliphatic rings. The molecule has 2 N–H and O–H groups in total. The van der Waals surface area contributed by atoms with E-state index in [1.807, 2.05) is 0 Å². The first kappa shape index (κ1) is 14.5. The van der Waals surface area contributed by atoms with E-state index in [2.05, 4.69) is 26.3 Å². The van der Waals surface area contributed by atoms with Gasteiger partial charge < -0.3 is 20.1 Å². The minimum Gasteiger partial charge on any atom is -0.395 e. The molecule has 3 heterocycles. The molecule has 2 aliphatic heterocycles. The van der Waals surface area contributed by atoms with Crippen molar-refractivity contribution in [3.8, 4) is 0 Å². The number of aliphatic hydroxyl groups excluding tert-OH is 1. The van der Waals surface area contributed by atoms with Crippen molar-refractivity contribution in [1.82, 2.24) is 9.97 Å². The van der Waals surface area contributed by atoms with Crippen LogP contribution in [-0.4, -0.2) is 54.5 Å². The van der Waals surface area contributed by atoms with Crippen molar-refractivity contribution < 1.29 is 9.84 Å². The molecular formula is C15H24N4O2. The van der Waals surface area contributed by atoms with Gasteiger partial charge in [0.05, 0.1) is 18.9 Å². The first-order chi connectivity index (χ1) is 10.4. The summed E-state index contributed by atoms with van der Waals surface area (Å²) >= 11 is 0. The Morgan fingerprint density at radius 1 is 1.29 bits per heavy atom. The number of rotatable bonds is 5. The van der Waals surface area contributed by atoms with Crippen LogP contribution >= 0.6 is 0 Å². The second-order valence-electron chi connectivity index (χ2n) is 5.73. The highest BCUT2D eigenvalue weighted by atomic mass is 16.5. The van der Waals surface area contributed by atoms with Crippen LogP contribution < -0.4 is 10.2 Å². The van der Waals surface area contributed by atoms with Gasteiger partial charge >= 0.3 is 0 Å². The summed E-state index contributed by atoms with van der Waals surface area (Å²) in [4.78, 5) is 11.6. The van der Waals surface area contributed by atoms with Crippen LogP contribution in [0.5, 0.6) is 0 Å². The standard InChI is InChI=1S/C15H24N4O2/c20-8-5-16-15-17-13(12-4-9-21-11-12)10-14(18-15)19-6-2-1-3-7-19/h10,12,20H,1-9,11H2,(H,16,17,18)/t12-/m1/s1. The molecule has 2 saturated heterocycles. The van der Waals surface area contributed by atoms with Crippen molar-refractivity contribution >= 4 is 11.8 Å². The third kappa shape index (κ3) is 3.63. The molecule has 21 heavy (non-hydrogen) atoms. The summed E-state index contributed by atoms with van der Waals surface area (Å²) in [7, 11) is 0. The Bertz CT molecular complexity index is 457. The van der Waals surface area contributed by atoms with Gasteiger partial charge in [0.15, 0.2) is 0 Å². The SMILES string of the molecule is OCCNc1nc([C@@H]2CCOC2)cc(N2CCCCC2)n1. The van der Waals surface area contributed by atoms with Crippen molar-refractivity contribution in [2.45, 2.75) is 31.6 Å². The predicted octanol–water partition coefficient (Wildman–Crippen LogP) is 1.37. The Morgan fingerprint density at radius 2 is 2.14 bits per heavy atom. The fourth-order valence-corrected chi connectivity index (χ4v) is 2.96. The summed E-state index contributed by atoms with van der Waals surface area (Å²) in [5.74, 6) is 1.99. The molecule has 0 radical (unpaired) electrons. The van der Waals surface area contributed by atoms with Gasteiger partial charge in [-0.3, -0.25) is 0 Å². The summed E-state index contributed by atoms with van der Waals surface area (Å²) in [5.41, 5.74) is 1.06. The maximum atomic E-state index is 8.98. The van der Waals surface area contributed by atoms with Gasteiger partial charge in [0, 0.05) is 38.2 Å². The van der Waals surface area contributed by atoms with Crippen molar-refractivity contribution in [1.29, 1.82) is 0 Å². The summed E-state index contributed by atoms with van der Waals surface area (Å²) in [6.07, 6.45) is 4.78. The molecule has 3 rings (SSSR count). The van der Waals surface area contributed by atoms with Crippen LogP contribution in [0.25, 0.3) is 0 Å². The average Bonchev–Trinajstić information content (AvgIpc) is 3.08. The topological polar surface area (TPSA) is 70.5 Å². The zero-order valence-electron chi connectivity index (χ0n) is 12.4. The van der Waals surface area contributed by atoms with E-state index in [4.69, 9.17) is 9.84 Å². The second kappa shape index (κ2) is 7.04. The van der Waals surface area contributed by atoms with Crippen LogP contribution in [0.3, 0.4) is 0 Å². The molecule has 2 fully saturated rings. The molecule has 1 atom stereocenters. The summed E-state index contributed by atoms with van der Waals surface area (Å²) in [6.45, 7) is 4.25. The minimum atomic E-state index is 0.0825. The lowest BCUT2D eigenvalue weighted by Gasteiger charge is -2.28. The molecule has 1 aromatic heterocycles. The first-order valence-electron chi connectivity index (χ1n) is 7.93. The van der Waals surface area contributed by atoms with E-state index in [0.717, 1.165) is 44.2 Å². The van der Waals surface area contributed by atoms with Gasteiger partial charge in [-0.05, 0) is 25.7 Å². The molecule has 0 aliphatic carbocycles. The van der Waals surface area contributed by atoms with Gasteiger partial charge in [-0.2, -0.15) is 4.98 Å². The van der Waals surface area contributed by atoms with Crippen LogP contribution in [0.1, 0.15) is 37.3 Å². The van der Waals surface area contributed by atoms with E-state index in [1.165, 1.54) is 19.3 Å². The van der Waals surface area contributed by atoms with Gasteiger partial charge in [0.25, 0.3) is 0 Å². The number of piperidine rings is 1. The van der Waals surface area contributed by atoms with Gasteiger partial charge in [-0.1, -0.05) is 0 Å². The quantitative estimate of drug-likeness (QED) is 0.854. The number of anilines is 2. The van der Waals surface area contributed by atoms with E-state index in [9.17, 15) is 0 Å². The molecule has 0 bridgehead atoms. The molecule has 0 spiro atoms. The molecular weight excluding hydrogens is 268 g/mol. The number of ether oxygens (including phenoxy) is 1. The maximum Gasteiger partial charge on any atom is 0.224 e. The molecule has 0 aromatic carbocycles. The maximum absolute atomic E-state index is 8.98. The van der Waals surface area contributed by atoms with Crippen molar-refractivity contribution in [3.63, 3.8) is 0 Å². The Labute approximate surface area is 125 Å². The highest BCUT2D eigenvalue weighted by Crippen LogP contribution is 2.28. The van der Waals surface area contributed by atoms with E-state index in [0.29, 0.717) is 18.4 Å². The molecule has 0 unspecified atom stereocenters. The highest BCUT2D eigenvalue weighted by molar-refractivity contribution is 5.46.